The summed E-state index contributed by atoms with van der Waals surface area (Å²) in [5, 5.41) is 0.833. The van der Waals surface area contributed by atoms with Crippen molar-refractivity contribution >= 4 is 33.3 Å². The number of anilines is 1. The van der Waals surface area contributed by atoms with Gasteiger partial charge in [0.05, 0.1) is 10.3 Å². The largest absolute Gasteiger partial charge is 0.383 e. The first-order valence-electron chi connectivity index (χ1n) is 8.22. The normalized spacial score (nSPS) is 22.3. The van der Waals surface area contributed by atoms with Gasteiger partial charge in [0.1, 0.15) is 16.5 Å². The Hall–Kier alpha value is -1.69. The number of likely N-dealkylation sites (tertiary alicyclic amines) is 1. The van der Waals surface area contributed by atoms with Crippen molar-refractivity contribution in [3.63, 3.8) is 0 Å². The average molecular weight is 332 g/mol. The molecule has 2 unspecified atom stereocenters. The summed E-state index contributed by atoms with van der Waals surface area (Å²) < 4.78 is 0. The molecule has 0 saturated carbocycles. The SMILES string of the molecule is Cc1nc(N)c2c(C)c(C(=O)N3CC(C)CCCC3C)sc2n1. The third-order valence-electron chi connectivity index (χ3n) is 4.74. The van der Waals surface area contributed by atoms with E-state index >= 15 is 0 Å². The Bertz CT molecular complexity index is 755. The summed E-state index contributed by atoms with van der Waals surface area (Å²) in [6, 6.07) is 0.280. The third kappa shape index (κ3) is 2.92. The number of aromatic nitrogens is 2. The molecule has 3 heterocycles. The molecule has 3 rings (SSSR count). The zero-order valence-electron chi connectivity index (χ0n) is 14.2. The predicted octanol–water partition coefficient (Wildman–Crippen LogP) is 3.54. The molecular formula is C17H24N4OS. The molecule has 124 valence electrons. The standard InChI is InChI=1S/C17H24N4OS/c1-9-6-5-7-10(2)21(8-9)17(22)14-11(3)13-15(18)19-12(4)20-16(13)23-14/h9-10H,5-8H2,1-4H3,(H2,18,19,20). The quantitative estimate of drug-likeness (QED) is 0.867. The maximum Gasteiger partial charge on any atom is 0.264 e. The van der Waals surface area contributed by atoms with Crippen LogP contribution in [0.3, 0.4) is 0 Å². The second kappa shape index (κ2) is 6.07. The van der Waals surface area contributed by atoms with Crippen molar-refractivity contribution in [1.82, 2.24) is 14.9 Å². The van der Waals surface area contributed by atoms with Crippen LogP contribution in [0.4, 0.5) is 5.82 Å². The van der Waals surface area contributed by atoms with Gasteiger partial charge in [-0.3, -0.25) is 4.79 Å². The van der Waals surface area contributed by atoms with Gasteiger partial charge < -0.3 is 10.6 Å². The van der Waals surface area contributed by atoms with Gasteiger partial charge in [-0.1, -0.05) is 13.3 Å². The van der Waals surface area contributed by atoms with E-state index in [0.29, 0.717) is 17.6 Å². The molecule has 1 amide bonds. The Balaban J connectivity index is 2.03. The summed E-state index contributed by atoms with van der Waals surface area (Å²) in [6.45, 7) is 8.98. The van der Waals surface area contributed by atoms with Gasteiger partial charge in [0.2, 0.25) is 0 Å². The van der Waals surface area contributed by atoms with Gasteiger partial charge in [-0.15, -0.1) is 11.3 Å². The van der Waals surface area contributed by atoms with E-state index in [4.69, 9.17) is 5.73 Å². The lowest BCUT2D eigenvalue weighted by atomic mass is 10.1. The smallest absolute Gasteiger partial charge is 0.264 e. The summed E-state index contributed by atoms with van der Waals surface area (Å²) in [5.41, 5.74) is 6.97. The monoisotopic (exact) mass is 332 g/mol. The van der Waals surface area contributed by atoms with Crippen molar-refractivity contribution < 1.29 is 4.79 Å². The highest BCUT2D eigenvalue weighted by Crippen LogP contribution is 2.34. The van der Waals surface area contributed by atoms with E-state index in [2.05, 4.69) is 23.8 Å². The topological polar surface area (TPSA) is 72.1 Å². The minimum absolute atomic E-state index is 0.115. The van der Waals surface area contributed by atoms with Crippen LogP contribution in [0.2, 0.25) is 0 Å². The maximum atomic E-state index is 13.1. The molecule has 0 radical (unpaired) electrons. The predicted molar refractivity (Wildman–Crippen MR) is 94.8 cm³/mol. The summed E-state index contributed by atoms with van der Waals surface area (Å²) in [7, 11) is 0. The van der Waals surface area contributed by atoms with Crippen molar-refractivity contribution in [2.75, 3.05) is 12.3 Å². The lowest BCUT2D eigenvalue weighted by Crippen LogP contribution is -2.39. The Kier molecular flexibility index (Phi) is 4.27. The number of carbonyl (C=O) groups is 1. The fourth-order valence-corrected chi connectivity index (χ4v) is 4.61. The summed E-state index contributed by atoms with van der Waals surface area (Å²) in [6.07, 6.45) is 3.45. The minimum atomic E-state index is 0.115. The van der Waals surface area contributed by atoms with Crippen LogP contribution in [0.15, 0.2) is 0 Å². The van der Waals surface area contributed by atoms with Crippen LogP contribution in [-0.4, -0.2) is 33.4 Å². The Labute approximate surface area is 140 Å². The number of amides is 1. The maximum absolute atomic E-state index is 13.1. The van der Waals surface area contributed by atoms with Gasteiger partial charge in [-0.25, -0.2) is 9.97 Å². The van der Waals surface area contributed by atoms with Crippen LogP contribution >= 0.6 is 11.3 Å². The summed E-state index contributed by atoms with van der Waals surface area (Å²) in [4.78, 5) is 25.4. The second-order valence-electron chi connectivity index (χ2n) is 6.74. The highest BCUT2D eigenvalue weighted by molar-refractivity contribution is 7.20. The van der Waals surface area contributed by atoms with Gasteiger partial charge >= 0.3 is 0 Å². The number of carbonyl (C=O) groups excluding carboxylic acids is 1. The van der Waals surface area contributed by atoms with Gasteiger partial charge in [0, 0.05) is 12.6 Å². The second-order valence-corrected chi connectivity index (χ2v) is 7.73. The molecule has 2 aromatic rings. The van der Waals surface area contributed by atoms with Gasteiger partial charge in [-0.05, 0) is 45.1 Å². The summed E-state index contributed by atoms with van der Waals surface area (Å²) in [5.74, 6) is 1.78. The van der Waals surface area contributed by atoms with Crippen molar-refractivity contribution in [3.05, 3.63) is 16.3 Å². The molecule has 0 aromatic carbocycles. The number of nitrogens with two attached hydrogens (primary N) is 1. The zero-order chi connectivity index (χ0) is 16.7. The molecular weight excluding hydrogens is 308 g/mol. The average Bonchev–Trinajstić information content (AvgIpc) is 2.70. The van der Waals surface area contributed by atoms with Gasteiger partial charge in [-0.2, -0.15) is 0 Å². The first-order valence-corrected chi connectivity index (χ1v) is 9.04. The molecule has 1 aliphatic heterocycles. The summed E-state index contributed by atoms with van der Waals surface area (Å²) >= 11 is 1.44. The number of nitrogen functional groups attached to an aromatic ring is 1. The molecule has 2 atom stereocenters. The third-order valence-corrected chi connectivity index (χ3v) is 5.92. The van der Waals surface area contributed by atoms with Crippen molar-refractivity contribution in [1.29, 1.82) is 0 Å². The van der Waals surface area contributed by atoms with Crippen LogP contribution in [0, 0.1) is 19.8 Å². The number of hydrogen-bond donors (Lipinski definition) is 1. The minimum Gasteiger partial charge on any atom is -0.383 e. The van der Waals surface area contributed by atoms with Crippen molar-refractivity contribution in [2.24, 2.45) is 5.92 Å². The number of thiophene rings is 1. The number of fused-ring (bicyclic) bond motifs is 1. The molecule has 1 fully saturated rings. The van der Waals surface area contributed by atoms with Crippen LogP contribution in [0.25, 0.3) is 10.2 Å². The molecule has 0 aliphatic carbocycles. The molecule has 2 N–H and O–H groups in total. The van der Waals surface area contributed by atoms with Gasteiger partial charge in [0.25, 0.3) is 5.91 Å². The Morgan fingerprint density at radius 1 is 1.26 bits per heavy atom. The highest BCUT2D eigenvalue weighted by atomic mass is 32.1. The molecule has 0 bridgehead atoms. The fourth-order valence-electron chi connectivity index (χ4n) is 3.42. The Morgan fingerprint density at radius 2 is 2.00 bits per heavy atom. The van der Waals surface area contributed by atoms with Crippen molar-refractivity contribution in [2.45, 2.75) is 53.0 Å². The van der Waals surface area contributed by atoms with E-state index in [-0.39, 0.29) is 11.9 Å². The Morgan fingerprint density at radius 3 is 2.74 bits per heavy atom. The molecule has 5 nitrogen and oxygen atoms in total. The van der Waals surface area contributed by atoms with Crippen LogP contribution < -0.4 is 5.73 Å². The zero-order valence-corrected chi connectivity index (χ0v) is 15.0. The van der Waals surface area contributed by atoms with E-state index < -0.39 is 0 Å². The van der Waals surface area contributed by atoms with Crippen LogP contribution in [0.1, 0.15) is 54.2 Å². The first kappa shape index (κ1) is 16.2. The number of aryl methyl sites for hydroxylation is 2. The van der Waals surface area contributed by atoms with E-state index in [0.717, 1.165) is 33.6 Å². The lowest BCUT2D eigenvalue weighted by molar-refractivity contribution is 0.0682. The van der Waals surface area contributed by atoms with Crippen molar-refractivity contribution in [3.8, 4) is 0 Å². The van der Waals surface area contributed by atoms with E-state index in [1.54, 1.807) is 0 Å². The molecule has 2 aromatic heterocycles. The molecule has 1 saturated heterocycles. The van der Waals surface area contributed by atoms with Crippen LogP contribution in [0.5, 0.6) is 0 Å². The highest BCUT2D eigenvalue weighted by Gasteiger charge is 2.29. The van der Waals surface area contributed by atoms with E-state index in [9.17, 15) is 4.79 Å². The molecule has 6 heteroatoms. The number of nitrogens with zero attached hydrogens (tertiary/aromatic N) is 3. The van der Waals surface area contributed by atoms with Gasteiger partial charge in [0.15, 0.2) is 0 Å². The number of hydrogen-bond acceptors (Lipinski definition) is 5. The molecule has 23 heavy (non-hydrogen) atoms. The van der Waals surface area contributed by atoms with Crippen LogP contribution in [-0.2, 0) is 0 Å². The molecule has 1 aliphatic rings. The number of rotatable bonds is 1. The van der Waals surface area contributed by atoms with E-state index in [1.807, 2.05) is 18.7 Å². The van der Waals surface area contributed by atoms with E-state index in [1.165, 1.54) is 24.2 Å². The fraction of sp³-hybridized carbons (Fsp3) is 0.588. The first-order chi connectivity index (χ1) is 10.9. The lowest BCUT2D eigenvalue weighted by Gasteiger charge is -2.28. The molecule has 0 spiro atoms.